The summed E-state index contributed by atoms with van der Waals surface area (Å²) in [5.41, 5.74) is 3.30. The number of pyridine rings is 1. The smallest absolute Gasteiger partial charge is 0.231 e. The minimum Gasteiger partial charge on any atom is -0.354 e. The largest absolute Gasteiger partial charge is 0.354 e. The van der Waals surface area contributed by atoms with Gasteiger partial charge in [0.2, 0.25) is 11.9 Å². The van der Waals surface area contributed by atoms with Gasteiger partial charge in [0.15, 0.2) is 0 Å². The molecule has 1 fully saturated rings. The second-order valence-corrected chi connectivity index (χ2v) is 8.28. The molecule has 0 radical (unpaired) electrons. The number of benzene rings is 1. The summed E-state index contributed by atoms with van der Waals surface area (Å²) in [6, 6.07) is 9.66. The second-order valence-electron chi connectivity index (χ2n) is 8.28. The van der Waals surface area contributed by atoms with E-state index in [1.165, 1.54) is 0 Å². The molecule has 0 unspecified atom stereocenters. The minimum atomic E-state index is -0.171. The van der Waals surface area contributed by atoms with Crippen LogP contribution in [0.15, 0.2) is 48.9 Å². The fourth-order valence-corrected chi connectivity index (χ4v) is 3.86. The molecule has 3 aromatic heterocycles. The fraction of sp³-hybridized carbons (Fsp3) is 0.304. The molecule has 0 aliphatic carbocycles. The number of anilines is 2. The van der Waals surface area contributed by atoms with E-state index >= 15 is 0 Å². The molecule has 0 atom stereocenters. The van der Waals surface area contributed by atoms with E-state index in [4.69, 9.17) is 0 Å². The van der Waals surface area contributed by atoms with Crippen LogP contribution in [0.4, 0.5) is 11.8 Å². The highest BCUT2D eigenvalue weighted by atomic mass is 16.1. The van der Waals surface area contributed by atoms with Gasteiger partial charge in [0.05, 0.1) is 18.1 Å². The lowest BCUT2D eigenvalue weighted by molar-refractivity contribution is -0.115. The Morgan fingerprint density at radius 1 is 1.06 bits per heavy atom. The van der Waals surface area contributed by atoms with Crippen molar-refractivity contribution in [3.8, 4) is 11.3 Å². The average Bonchev–Trinajstić information content (AvgIpc) is 3.25. The van der Waals surface area contributed by atoms with Gasteiger partial charge in [-0.1, -0.05) is 17.3 Å². The number of aryl methyl sites for hydroxylation is 1. The molecule has 1 aromatic carbocycles. The van der Waals surface area contributed by atoms with Gasteiger partial charge in [-0.3, -0.25) is 14.8 Å². The highest BCUT2D eigenvalue weighted by Crippen LogP contribution is 2.22. The van der Waals surface area contributed by atoms with Crippen LogP contribution in [0.3, 0.4) is 0 Å². The molecular weight excluding hydrogens is 418 g/mol. The zero-order valence-corrected chi connectivity index (χ0v) is 18.6. The van der Waals surface area contributed by atoms with Crippen LogP contribution < -0.4 is 10.2 Å². The molecule has 33 heavy (non-hydrogen) atoms. The molecule has 0 spiro atoms. The molecule has 10 nitrogen and oxygen atoms in total. The van der Waals surface area contributed by atoms with Crippen molar-refractivity contribution in [2.24, 2.45) is 7.05 Å². The first-order valence-corrected chi connectivity index (χ1v) is 10.9. The number of hydrogen-bond donors (Lipinski definition) is 1. The summed E-state index contributed by atoms with van der Waals surface area (Å²) >= 11 is 0. The first-order valence-electron chi connectivity index (χ1n) is 10.9. The molecule has 4 aromatic rings. The Morgan fingerprint density at radius 3 is 2.70 bits per heavy atom. The van der Waals surface area contributed by atoms with Crippen LogP contribution in [-0.2, 0) is 18.3 Å². The molecule has 1 aliphatic heterocycles. The third-order valence-electron chi connectivity index (χ3n) is 5.73. The van der Waals surface area contributed by atoms with Gasteiger partial charge >= 0.3 is 0 Å². The van der Waals surface area contributed by atoms with Gasteiger partial charge in [-0.15, -0.1) is 5.10 Å². The number of carbonyl (C=O) groups is 1. The Bertz CT molecular complexity index is 1290. The van der Waals surface area contributed by atoms with Crippen LogP contribution in [0.1, 0.15) is 5.56 Å². The number of nitrogens with one attached hydrogen (secondary N) is 1. The van der Waals surface area contributed by atoms with Crippen molar-refractivity contribution < 1.29 is 4.79 Å². The quantitative estimate of drug-likeness (QED) is 0.497. The molecule has 0 saturated carbocycles. The maximum atomic E-state index is 12.7. The summed E-state index contributed by atoms with van der Waals surface area (Å²) in [5, 5.41) is 11.8. The maximum absolute atomic E-state index is 12.7. The van der Waals surface area contributed by atoms with E-state index in [-0.39, 0.29) is 18.3 Å². The standard InChI is InChI=1S/C23H25N9O/c1-30-7-9-32(10-8-30)21-11-16(5-6-24-21)12-22(33)27-23-25-14-18-4-3-17(13-19(18)26-23)20-15-31(2)29-28-20/h3-6,11,13-15H,7-10,12H2,1-2H3,(H,25,26,27,33). The van der Waals surface area contributed by atoms with Crippen molar-refractivity contribution in [3.63, 3.8) is 0 Å². The van der Waals surface area contributed by atoms with Crippen molar-refractivity contribution in [1.29, 1.82) is 0 Å². The monoisotopic (exact) mass is 443 g/mol. The Hall–Kier alpha value is -3.92. The van der Waals surface area contributed by atoms with Gasteiger partial charge < -0.3 is 9.80 Å². The molecule has 5 rings (SSSR count). The number of nitrogens with zero attached hydrogens (tertiary/aromatic N) is 8. The Kier molecular flexibility index (Phi) is 5.66. The lowest BCUT2D eigenvalue weighted by atomic mass is 10.1. The topological polar surface area (TPSA) is 105 Å². The first-order chi connectivity index (χ1) is 16.0. The molecule has 168 valence electrons. The Morgan fingerprint density at radius 2 is 1.91 bits per heavy atom. The van der Waals surface area contributed by atoms with Crippen molar-refractivity contribution in [3.05, 3.63) is 54.5 Å². The lowest BCUT2D eigenvalue weighted by Gasteiger charge is -2.33. The Balaban J connectivity index is 1.28. The third-order valence-corrected chi connectivity index (χ3v) is 5.73. The van der Waals surface area contributed by atoms with E-state index < -0.39 is 0 Å². The minimum absolute atomic E-state index is 0.171. The van der Waals surface area contributed by atoms with E-state index in [1.54, 1.807) is 17.1 Å². The molecule has 0 bridgehead atoms. The molecule has 1 aliphatic rings. The van der Waals surface area contributed by atoms with Crippen LogP contribution >= 0.6 is 0 Å². The van der Waals surface area contributed by atoms with Crippen LogP contribution in [0.25, 0.3) is 22.2 Å². The number of rotatable bonds is 5. The number of fused-ring (bicyclic) bond motifs is 1. The van der Waals surface area contributed by atoms with Crippen molar-refractivity contribution in [1.82, 2.24) is 34.8 Å². The van der Waals surface area contributed by atoms with Crippen LogP contribution in [0.2, 0.25) is 0 Å². The normalized spacial score (nSPS) is 14.5. The molecule has 1 amide bonds. The van der Waals surface area contributed by atoms with Gasteiger partial charge in [-0.05, 0) is 30.8 Å². The van der Waals surface area contributed by atoms with Gasteiger partial charge in [0, 0.05) is 56.6 Å². The molecule has 1 N–H and O–H groups in total. The zero-order chi connectivity index (χ0) is 22.8. The summed E-state index contributed by atoms with van der Waals surface area (Å²) < 4.78 is 1.65. The first kappa shape index (κ1) is 21.0. The van der Waals surface area contributed by atoms with Gasteiger partial charge in [0.25, 0.3) is 0 Å². The lowest BCUT2D eigenvalue weighted by Crippen LogP contribution is -2.44. The van der Waals surface area contributed by atoms with E-state index in [0.29, 0.717) is 0 Å². The third kappa shape index (κ3) is 4.80. The van der Waals surface area contributed by atoms with Crippen molar-refractivity contribution in [2.75, 3.05) is 43.4 Å². The number of carbonyl (C=O) groups excluding carboxylic acids is 1. The van der Waals surface area contributed by atoms with Gasteiger partial charge in [-0.2, -0.15) is 0 Å². The number of aromatic nitrogens is 6. The summed E-state index contributed by atoms with van der Waals surface area (Å²) in [6.07, 6.45) is 5.54. The summed E-state index contributed by atoms with van der Waals surface area (Å²) in [7, 11) is 3.95. The number of amides is 1. The van der Waals surface area contributed by atoms with Crippen LogP contribution in [0.5, 0.6) is 0 Å². The summed E-state index contributed by atoms with van der Waals surface area (Å²) in [6.45, 7) is 3.87. The van der Waals surface area contributed by atoms with E-state index in [1.807, 2.05) is 43.6 Å². The predicted octanol–water partition coefficient (Wildman–Crippen LogP) is 1.75. The predicted molar refractivity (Wildman–Crippen MR) is 126 cm³/mol. The van der Waals surface area contributed by atoms with Crippen LogP contribution in [0, 0.1) is 0 Å². The fourth-order valence-electron chi connectivity index (χ4n) is 3.86. The van der Waals surface area contributed by atoms with E-state index in [9.17, 15) is 4.79 Å². The number of piperazine rings is 1. The average molecular weight is 444 g/mol. The molecule has 4 heterocycles. The number of hydrogen-bond acceptors (Lipinski definition) is 8. The van der Waals surface area contributed by atoms with Gasteiger partial charge in [-0.25, -0.2) is 15.0 Å². The van der Waals surface area contributed by atoms with Crippen molar-refractivity contribution >= 4 is 28.6 Å². The molecule has 10 heteroatoms. The number of likely N-dealkylation sites (N-methyl/N-ethyl adjacent to an activating group) is 1. The second kappa shape index (κ2) is 8.91. The highest BCUT2D eigenvalue weighted by Gasteiger charge is 2.16. The maximum Gasteiger partial charge on any atom is 0.231 e. The zero-order valence-electron chi connectivity index (χ0n) is 18.6. The SMILES string of the molecule is CN1CCN(c2cc(CC(=O)Nc3ncc4ccc(-c5cn(C)nn5)cc4n3)ccn2)CC1. The summed E-state index contributed by atoms with van der Waals surface area (Å²) in [5.74, 6) is 1.01. The van der Waals surface area contributed by atoms with Crippen molar-refractivity contribution in [2.45, 2.75) is 6.42 Å². The summed E-state index contributed by atoms with van der Waals surface area (Å²) in [4.78, 5) is 30.5. The van der Waals surface area contributed by atoms with E-state index in [2.05, 4.69) is 47.4 Å². The van der Waals surface area contributed by atoms with Crippen LogP contribution in [-0.4, -0.2) is 74.0 Å². The van der Waals surface area contributed by atoms with Gasteiger partial charge in [0.1, 0.15) is 11.5 Å². The van der Waals surface area contributed by atoms with E-state index in [0.717, 1.165) is 59.7 Å². The molecular formula is C23H25N9O. The highest BCUT2D eigenvalue weighted by molar-refractivity contribution is 5.92. The Labute approximate surface area is 191 Å². The molecule has 1 saturated heterocycles.